The van der Waals surface area contributed by atoms with Crippen LogP contribution in [-0.2, 0) is 0 Å². The summed E-state index contributed by atoms with van der Waals surface area (Å²) < 4.78 is 1.21. The molecule has 1 heterocycles. The third-order valence-corrected chi connectivity index (χ3v) is 4.95. The van der Waals surface area contributed by atoms with E-state index >= 15 is 0 Å². The molecule has 2 aliphatic rings. The maximum atomic E-state index is 10.2. The summed E-state index contributed by atoms with van der Waals surface area (Å²) in [4.78, 5) is 2.39. The van der Waals surface area contributed by atoms with Crippen LogP contribution in [0.15, 0.2) is 0 Å². The minimum atomic E-state index is -0.0865. The lowest BCUT2D eigenvalue weighted by Crippen LogP contribution is -2.49. The number of hydrogen-bond acceptors (Lipinski definition) is 3. The molecule has 1 aliphatic carbocycles. The van der Waals surface area contributed by atoms with Gasteiger partial charge >= 0.3 is 0 Å². The average Bonchev–Trinajstić information content (AvgIpc) is 2.18. The van der Waals surface area contributed by atoms with E-state index in [9.17, 15) is 5.11 Å². The largest absolute Gasteiger partial charge is 0.391 e. The van der Waals surface area contributed by atoms with E-state index in [1.165, 1.54) is 17.3 Å². The highest BCUT2D eigenvalue weighted by Crippen LogP contribution is 2.38. The standard InChI is InChI=1S/C11H21IN2O/c12-7-9-1-2-10(9)11(15)8-14-5-3-13-4-6-14/h9-11,13,15H,1-8H2. The molecule has 0 spiro atoms. The first kappa shape index (κ1) is 12.1. The lowest BCUT2D eigenvalue weighted by molar-refractivity contribution is -0.00195. The molecule has 4 heteroatoms. The minimum Gasteiger partial charge on any atom is -0.391 e. The topological polar surface area (TPSA) is 35.5 Å². The molecular weight excluding hydrogens is 303 g/mol. The molecule has 3 nitrogen and oxygen atoms in total. The molecule has 2 N–H and O–H groups in total. The van der Waals surface area contributed by atoms with Crippen LogP contribution in [-0.4, -0.2) is 53.3 Å². The van der Waals surface area contributed by atoms with Crippen LogP contribution in [0.4, 0.5) is 0 Å². The van der Waals surface area contributed by atoms with E-state index in [2.05, 4.69) is 32.8 Å². The minimum absolute atomic E-state index is 0.0865. The Morgan fingerprint density at radius 3 is 2.60 bits per heavy atom. The van der Waals surface area contributed by atoms with Crippen LogP contribution in [0.2, 0.25) is 0 Å². The Hall–Kier alpha value is 0.610. The number of alkyl halides is 1. The van der Waals surface area contributed by atoms with Crippen LogP contribution in [0.5, 0.6) is 0 Å². The lowest BCUT2D eigenvalue weighted by Gasteiger charge is -2.41. The molecule has 2 fully saturated rings. The van der Waals surface area contributed by atoms with Crippen molar-refractivity contribution < 1.29 is 5.11 Å². The summed E-state index contributed by atoms with van der Waals surface area (Å²) >= 11 is 2.45. The van der Waals surface area contributed by atoms with Gasteiger partial charge in [0.25, 0.3) is 0 Å². The number of nitrogens with one attached hydrogen (secondary N) is 1. The summed E-state index contributed by atoms with van der Waals surface area (Å²) in [5, 5.41) is 13.5. The maximum Gasteiger partial charge on any atom is 0.0698 e. The van der Waals surface area contributed by atoms with Crippen molar-refractivity contribution >= 4 is 22.6 Å². The van der Waals surface area contributed by atoms with Crippen molar-refractivity contribution in [3.8, 4) is 0 Å². The van der Waals surface area contributed by atoms with Crippen molar-refractivity contribution in [1.82, 2.24) is 10.2 Å². The van der Waals surface area contributed by atoms with E-state index in [0.717, 1.165) is 38.6 Å². The monoisotopic (exact) mass is 324 g/mol. The van der Waals surface area contributed by atoms with Crippen LogP contribution in [0.25, 0.3) is 0 Å². The Kier molecular flexibility index (Phi) is 4.67. The van der Waals surface area contributed by atoms with Gasteiger partial charge < -0.3 is 10.4 Å². The molecule has 3 atom stereocenters. The fourth-order valence-electron chi connectivity index (χ4n) is 2.59. The first-order chi connectivity index (χ1) is 7.31. The highest BCUT2D eigenvalue weighted by molar-refractivity contribution is 14.1. The summed E-state index contributed by atoms with van der Waals surface area (Å²) in [6, 6.07) is 0. The number of nitrogens with zero attached hydrogens (tertiary/aromatic N) is 1. The van der Waals surface area contributed by atoms with Gasteiger partial charge in [-0.3, -0.25) is 4.90 Å². The number of aliphatic hydroxyl groups excluding tert-OH is 1. The third-order valence-electron chi connectivity index (χ3n) is 3.82. The number of halogens is 1. The van der Waals surface area contributed by atoms with E-state index in [-0.39, 0.29) is 6.10 Å². The second-order valence-corrected chi connectivity index (χ2v) is 5.65. The van der Waals surface area contributed by atoms with Gasteiger partial charge in [-0.05, 0) is 24.7 Å². The van der Waals surface area contributed by atoms with Crippen molar-refractivity contribution in [3.05, 3.63) is 0 Å². The number of hydrogen-bond donors (Lipinski definition) is 2. The Morgan fingerprint density at radius 2 is 2.07 bits per heavy atom. The van der Waals surface area contributed by atoms with E-state index in [1.807, 2.05) is 0 Å². The van der Waals surface area contributed by atoms with E-state index in [4.69, 9.17) is 0 Å². The normalized spacial score (nSPS) is 34.8. The average molecular weight is 324 g/mol. The van der Waals surface area contributed by atoms with Crippen molar-refractivity contribution in [3.63, 3.8) is 0 Å². The second-order valence-electron chi connectivity index (χ2n) is 4.77. The molecule has 3 unspecified atom stereocenters. The molecule has 0 aromatic carbocycles. The Bertz CT molecular complexity index is 195. The molecule has 88 valence electrons. The summed E-state index contributed by atoms with van der Waals surface area (Å²) in [7, 11) is 0. The zero-order valence-electron chi connectivity index (χ0n) is 9.16. The van der Waals surface area contributed by atoms with Gasteiger partial charge in [0.1, 0.15) is 0 Å². The molecule has 15 heavy (non-hydrogen) atoms. The predicted octanol–water partition coefficient (Wildman–Crippen LogP) is 0.714. The molecule has 1 aliphatic heterocycles. The van der Waals surface area contributed by atoms with Gasteiger partial charge in [0.05, 0.1) is 6.10 Å². The SMILES string of the molecule is OC(CN1CCNCC1)C1CCC1CI. The van der Waals surface area contributed by atoms with Crippen molar-refractivity contribution in [1.29, 1.82) is 0 Å². The lowest BCUT2D eigenvalue weighted by atomic mass is 9.71. The van der Waals surface area contributed by atoms with E-state index in [1.54, 1.807) is 0 Å². The van der Waals surface area contributed by atoms with Gasteiger partial charge in [-0.1, -0.05) is 22.6 Å². The fraction of sp³-hybridized carbons (Fsp3) is 1.00. The quantitative estimate of drug-likeness (QED) is 0.591. The number of aliphatic hydroxyl groups is 1. The van der Waals surface area contributed by atoms with Crippen LogP contribution >= 0.6 is 22.6 Å². The Balaban J connectivity index is 1.73. The molecule has 0 radical (unpaired) electrons. The Morgan fingerprint density at radius 1 is 1.33 bits per heavy atom. The van der Waals surface area contributed by atoms with Gasteiger partial charge in [0.15, 0.2) is 0 Å². The fourth-order valence-corrected chi connectivity index (χ4v) is 3.68. The molecular formula is C11H21IN2O. The zero-order valence-corrected chi connectivity index (χ0v) is 11.3. The Labute approximate surface area is 106 Å². The molecule has 0 aromatic rings. The van der Waals surface area contributed by atoms with Gasteiger partial charge in [-0.15, -0.1) is 0 Å². The van der Waals surface area contributed by atoms with Gasteiger partial charge in [0.2, 0.25) is 0 Å². The molecule has 0 bridgehead atoms. The number of rotatable bonds is 4. The first-order valence-corrected chi connectivity index (χ1v) is 7.51. The number of piperazine rings is 1. The van der Waals surface area contributed by atoms with Crippen molar-refractivity contribution in [2.75, 3.05) is 37.2 Å². The van der Waals surface area contributed by atoms with Crippen molar-refractivity contribution in [2.24, 2.45) is 11.8 Å². The highest BCUT2D eigenvalue weighted by Gasteiger charge is 2.35. The van der Waals surface area contributed by atoms with Gasteiger partial charge in [-0.2, -0.15) is 0 Å². The third kappa shape index (κ3) is 3.05. The predicted molar refractivity (Wildman–Crippen MR) is 70.4 cm³/mol. The smallest absolute Gasteiger partial charge is 0.0698 e. The molecule has 2 rings (SSSR count). The summed E-state index contributed by atoms with van der Waals surface area (Å²) in [5.74, 6) is 1.36. The van der Waals surface area contributed by atoms with Crippen LogP contribution in [0, 0.1) is 11.8 Å². The van der Waals surface area contributed by atoms with E-state index in [0.29, 0.717) is 5.92 Å². The van der Waals surface area contributed by atoms with E-state index < -0.39 is 0 Å². The van der Waals surface area contributed by atoms with Crippen LogP contribution < -0.4 is 5.32 Å². The number of β-amino-alcohol motifs (C(OH)–C–C–N with tert-alkyl or cyclic N) is 1. The summed E-state index contributed by atoms with van der Waals surface area (Å²) in [5.41, 5.74) is 0. The second kappa shape index (κ2) is 5.80. The summed E-state index contributed by atoms with van der Waals surface area (Å²) in [6.45, 7) is 5.23. The van der Waals surface area contributed by atoms with Crippen molar-refractivity contribution in [2.45, 2.75) is 18.9 Å². The highest BCUT2D eigenvalue weighted by atomic mass is 127. The molecule has 0 aromatic heterocycles. The van der Waals surface area contributed by atoms with Gasteiger partial charge in [0, 0.05) is 37.2 Å². The van der Waals surface area contributed by atoms with Crippen LogP contribution in [0.3, 0.4) is 0 Å². The van der Waals surface area contributed by atoms with Gasteiger partial charge in [-0.25, -0.2) is 0 Å². The maximum absolute atomic E-state index is 10.2. The summed E-state index contributed by atoms with van der Waals surface area (Å²) in [6.07, 6.45) is 2.48. The molecule has 1 saturated heterocycles. The first-order valence-electron chi connectivity index (χ1n) is 5.98. The zero-order chi connectivity index (χ0) is 10.7. The molecule has 0 amide bonds. The van der Waals surface area contributed by atoms with Crippen LogP contribution in [0.1, 0.15) is 12.8 Å². The molecule has 1 saturated carbocycles.